The van der Waals surface area contributed by atoms with E-state index in [0.29, 0.717) is 17.3 Å². The van der Waals surface area contributed by atoms with E-state index in [1.807, 2.05) is 0 Å². The van der Waals surface area contributed by atoms with Gasteiger partial charge in [-0.3, -0.25) is 9.89 Å². The maximum atomic E-state index is 11.6. The van der Waals surface area contributed by atoms with E-state index in [1.165, 1.54) is 31.7 Å². The van der Waals surface area contributed by atoms with E-state index in [0.717, 1.165) is 5.82 Å². The summed E-state index contributed by atoms with van der Waals surface area (Å²) in [5.41, 5.74) is 0.466. The van der Waals surface area contributed by atoms with Gasteiger partial charge < -0.3 is 4.98 Å². The normalized spacial score (nSPS) is 16.5. The Morgan fingerprint density at radius 2 is 2.12 bits per heavy atom. The first-order valence-corrected chi connectivity index (χ1v) is 5.94. The summed E-state index contributed by atoms with van der Waals surface area (Å²) in [7, 11) is 0. The van der Waals surface area contributed by atoms with E-state index in [4.69, 9.17) is 0 Å². The summed E-state index contributed by atoms with van der Waals surface area (Å²) in [6.45, 7) is 0. The summed E-state index contributed by atoms with van der Waals surface area (Å²) in [5, 5.41) is 7.10. The summed E-state index contributed by atoms with van der Waals surface area (Å²) in [6, 6.07) is 1.49. The molecular formula is C12H14N4O. The van der Waals surface area contributed by atoms with Gasteiger partial charge in [-0.15, -0.1) is 0 Å². The molecule has 1 aliphatic carbocycles. The fourth-order valence-electron chi connectivity index (χ4n) is 2.37. The molecule has 0 radical (unpaired) electrons. The summed E-state index contributed by atoms with van der Waals surface area (Å²) >= 11 is 0. The van der Waals surface area contributed by atoms with Gasteiger partial charge in [0.05, 0.1) is 5.56 Å². The molecule has 0 bridgehead atoms. The van der Waals surface area contributed by atoms with Crippen molar-refractivity contribution < 1.29 is 0 Å². The molecule has 0 saturated heterocycles. The molecule has 1 saturated carbocycles. The Labute approximate surface area is 98.3 Å². The van der Waals surface area contributed by atoms with Crippen LogP contribution < -0.4 is 5.43 Å². The Morgan fingerprint density at radius 1 is 1.29 bits per heavy atom. The second-order valence-corrected chi connectivity index (χ2v) is 4.45. The van der Waals surface area contributed by atoms with Gasteiger partial charge in [-0.25, -0.2) is 4.98 Å². The highest BCUT2D eigenvalue weighted by Gasteiger charge is 2.21. The predicted molar refractivity (Wildman–Crippen MR) is 63.6 cm³/mol. The van der Waals surface area contributed by atoms with Crippen molar-refractivity contribution in [1.82, 2.24) is 20.2 Å². The Hall–Kier alpha value is -1.91. The Balaban J connectivity index is 1.95. The van der Waals surface area contributed by atoms with Crippen LogP contribution in [0.2, 0.25) is 0 Å². The summed E-state index contributed by atoms with van der Waals surface area (Å²) in [5.74, 6) is 1.90. The summed E-state index contributed by atoms with van der Waals surface area (Å²) in [4.78, 5) is 19.0. The quantitative estimate of drug-likeness (QED) is 0.826. The van der Waals surface area contributed by atoms with Crippen LogP contribution in [0.4, 0.5) is 0 Å². The topological polar surface area (TPSA) is 74.4 Å². The third-order valence-electron chi connectivity index (χ3n) is 3.31. The minimum Gasteiger partial charge on any atom is -0.367 e. The van der Waals surface area contributed by atoms with E-state index in [1.54, 1.807) is 12.4 Å². The Morgan fingerprint density at radius 3 is 2.88 bits per heavy atom. The van der Waals surface area contributed by atoms with Gasteiger partial charge in [-0.05, 0) is 12.8 Å². The van der Waals surface area contributed by atoms with Gasteiger partial charge in [-0.2, -0.15) is 5.10 Å². The fourth-order valence-corrected chi connectivity index (χ4v) is 2.37. The number of nitrogens with one attached hydrogen (secondary N) is 2. The summed E-state index contributed by atoms with van der Waals surface area (Å²) in [6.07, 6.45) is 8.10. The second-order valence-electron chi connectivity index (χ2n) is 4.45. The standard InChI is InChI=1S/C12H14N4O/c17-10-5-6-13-7-9(10)12-14-11(15-16-12)8-3-1-2-4-8/h5-8H,1-4H2,(H,13,17)(H,14,15,16). The van der Waals surface area contributed by atoms with Crippen LogP contribution in [-0.2, 0) is 0 Å². The van der Waals surface area contributed by atoms with Gasteiger partial charge in [0.25, 0.3) is 0 Å². The van der Waals surface area contributed by atoms with Crippen molar-refractivity contribution in [3.8, 4) is 11.4 Å². The van der Waals surface area contributed by atoms with Gasteiger partial charge in [-0.1, -0.05) is 12.8 Å². The van der Waals surface area contributed by atoms with Crippen molar-refractivity contribution in [2.45, 2.75) is 31.6 Å². The van der Waals surface area contributed by atoms with Gasteiger partial charge >= 0.3 is 0 Å². The van der Waals surface area contributed by atoms with Crippen LogP contribution >= 0.6 is 0 Å². The number of hydrogen-bond acceptors (Lipinski definition) is 3. The molecule has 0 amide bonds. The number of hydrogen-bond donors (Lipinski definition) is 2. The van der Waals surface area contributed by atoms with E-state index in [-0.39, 0.29) is 5.43 Å². The molecule has 0 spiro atoms. The molecule has 2 heterocycles. The van der Waals surface area contributed by atoms with Crippen molar-refractivity contribution in [2.75, 3.05) is 0 Å². The van der Waals surface area contributed by atoms with E-state index in [9.17, 15) is 4.79 Å². The smallest absolute Gasteiger partial charge is 0.192 e. The van der Waals surface area contributed by atoms with Gasteiger partial charge in [0.15, 0.2) is 11.3 Å². The average Bonchev–Trinajstić information content (AvgIpc) is 3.00. The van der Waals surface area contributed by atoms with Crippen LogP contribution in [0.3, 0.4) is 0 Å². The highest BCUT2D eigenvalue weighted by Crippen LogP contribution is 2.32. The lowest BCUT2D eigenvalue weighted by Crippen LogP contribution is -2.03. The molecule has 88 valence electrons. The van der Waals surface area contributed by atoms with E-state index in [2.05, 4.69) is 20.2 Å². The number of pyridine rings is 1. The molecule has 0 unspecified atom stereocenters. The predicted octanol–water partition coefficient (Wildman–Crippen LogP) is 1.82. The first kappa shape index (κ1) is 10.3. The molecule has 2 aromatic rings. The minimum absolute atomic E-state index is 0.0549. The molecule has 3 rings (SSSR count). The van der Waals surface area contributed by atoms with E-state index < -0.39 is 0 Å². The van der Waals surface area contributed by atoms with Crippen LogP contribution in [0, 0.1) is 0 Å². The number of nitrogens with zero attached hydrogens (tertiary/aromatic N) is 2. The first-order chi connectivity index (χ1) is 8.34. The van der Waals surface area contributed by atoms with Crippen LogP contribution in [-0.4, -0.2) is 20.2 Å². The zero-order valence-electron chi connectivity index (χ0n) is 9.44. The van der Waals surface area contributed by atoms with Crippen molar-refractivity contribution in [1.29, 1.82) is 0 Å². The number of aromatic nitrogens is 4. The molecule has 1 aliphatic rings. The van der Waals surface area contributed by atoms with Crippen molar-refractivity contribution >= 4 is 0 Å². The average molecular weight is 230 g/mol. The highest BCUT2D eigenvalue weighted by molar-refractivity contribution is 5.52. The lowest BCUT2D eigenvalue weighted by molar-refractivity contribution is 0.672. The maximum Gasteiger partial charge on any atom is 0.192 e. The fraction of sp³-hybridized carbons (Fsp3) is 0.417. The largest absolute Gasteiger partial charge is 0.367 e. The number of H-pyrrole nitrogens is 2. The van der Waals surface area contributed by atoms with Crippen LogP contribution in [0.15, 0.2) is 23.3 Å². The molecule has 0 atom stereocenters. The third kappa shape index (κ3) is 1.88. The van der Waals surface area contributed by atoms with Crippen molar-refractivity contribution in [3.63, 3.8) is 0 Å². The number of aromatic amines is 2. The van der Waals surface area contributed by atoms with Crippen LogP contribution in [0.25, 0.3) is 11.4 Å². The van der Waals surface area contributed by atoms with Crippen molar-refractivity contribution in [3.05, 3.63) is 34.5 Å². The number of rotatable bonds is 2. The SMILES string of the molecule is O=c1cc[nH]cc1-c1n[nH]c(C2CCCC2)n1. The highest BCUT2D eigenvalue weighted by atomic mass is 16.1. The molecular weight excluding hydrogens is 216 g/mol. The monoisotopic (exact) mass is 230 g/mol. The van der Waals surface area contributed by atoms with Crippen LogP contribution in [0.5, 0.6) is 0 Å². The Kier molecular flexibility index (Phi) is 2.51. The molecule has 0 aromatic carbocycles. The lowest BCUT2D eigenvalue weighted by atomic mass is 10.1. The second kappa shape index (κ2) is 4.16. The molecule has 0 aliphatic heterocycles. The third-order valence-corrected chi connectivity index (χ3v) is 3.31. The zero-order chi connectivity index (χ0) is 11.7. The summed E-state index contributed by atoms with van der Waals surface area (Å²) < 4.78 is 0. The van der Waals surface area contributed by atoms with Crippen LogP contribution in [0.1, 0.15) is 37.4 Å². The van der Waals surface area contributed by atoms with Gasteiger partial charge in [0.2, 0.25) is 0 Å². The molecule has 5 heteroatoms. The first-order valence-electron chi connectivity index (χ1n) is 5.94. The molecule has 2 aromatic heterocycles. The zero-order valence-corrected chi connectivity index (χ0v) is 9.44. The van der Waals surface area contributed by atoms with E-state index >= 15 is 0 Å². The lowest BCUT2D eigenvalue weighted by Gasteiger charge is -2.01. The van der Waals surface area contributed by atoms with Gasteiger partial charge in [0, 0.05) is 24.4 Å². The maximum absolute atomic E-state index is 11.6. The molecule has 1 fully saturated rings. The molecule has 5 nitrogen and oxygen atoms in total. The molecule has 2 N–H and O–H groups in total. The van der Waals surface area contributed by atoms with Crippen molar-refractivity contribution in [2.24, 2.45) is 0 Å². The van der Waals surface area contributed by atoms with Gasteiger partial charge in [0.1, 0.15) is 5.82 Å². The molecule has 17 heavy (non-hydrogen) atoms. The minimum atomic E-state index is -0.0549. The Bertz CT molecular complexity index is 566.